The van der Waals surface area contributed by atoms with Crippen LogP contribution in [-0.4, -0.2) is 12.4 Å². The maximum absolute atomic E-state index is 12.6. The molecule has 2 nitrogen and oxygen atoms in total. The van der Waals surface area contributed by atoms with Crippen LogP contribution >= 0.6 is 0 Å². The number of carbonyl (C=O) groups is 1. The van der Waals surface area contributed by atoms with Gasteiger partial charge < -0.3 is 4.74 Å². The highest BCUT2D eigenvalue weighted by atomic mass is 16.5. The number of allylic oxidation sites excluding steroid dienone is 1. The Morgan fingerprint density at radius 2 is 2.12 bits per heavy atom. The predicted molar refractivity (Wildman–Crippen MR) is 93.9 cm³/mol. The Morgan fingerprint density at radius 3 is 2.88 bits per heavy atom. The average molecular weight is 324 g/mol. The second-order valence-corrected chi connectivity index (χ2v) is 8.39. The van der Waals surface area contributed by atoms with Gasteiger partial charge in [0.05, 0.1) is 6.61 Å². The number of ether oxygens (including phenoxy) is 1. The molecule has 0 amide bonds. The molecule has 0 aromatic carbocycles. The summed E-state index contributed by atoms with van der Waals surface area (Å²) in [5.41, 5.74) is 4.88. The van der Waals surface area contributed by atoms with Crippen molar-refractivity contribution < 1.29 is 9.53 Å². The molecule has 3 fully saturated rings. The van der Waals surface area contributed by atoms with Gasteiger partial charge in [-0.15, -0.1) is 12.3 Å². The molecule has 4 aliphatic rings. The molecule has 6 atom stereocenters. The fraction of sp³-hybridized carbons (Fsp3) is 0.727. The zero-order valence-electron chi connectivity index (χ0n) is 14.9. The van der Waals surface area contributed by atoms with E-state index < -0.39 is 0 Å². The highest BCUT2D eigenvalue weighted by Crippen LogP contribution is 2.62. The SMILES string of the molecule is C#C[C@H]1C[C@]2(C)C(=O)CC[C@H]2[C@@H]2CCC3=C=C(OCC)CC[C@@H]3[C@H]21. The van der Waals surface area contributed by atoms with Crippen molar-refractivity contribution in [1.82, 2.24) is 0 Å². The third kappa shape index (κ3) is 2.21. The van der Waals surface area contributed by atoms with Crippen LogP contribution in [0.15, 0.2) is 17.1 Å². The molecule has 2 heteroatoms. The second-order valence-electron chi connectivity index (χ2n) is 8.39. The highest BCUT2D eigenvalue weighted by Gasteiger charge is 2.58. The zero-order chi connectivity index (χ0) is 16.9. The Morgan fingerprint density at radius 1 is 1.29 bits per heavy atom. The van der Waals surface area contributed by atoms with Gasteiger partial charge in [-0.25, -0.2) is 0 Å². The summed E-state index contributed by atoms with van der Waals surface area (Å²) in [6, 6.07) is 0. The molecule has 0 bridgehead atoms. The van der Waals surface area contributed by atoms with E-state index in [1.807, 2.05) is 6.92 Å². The number of ketones is 1. The third-order valence-corrected chi connectivity index (χ3v) is 7.43. The van der Waals surface area contributed by atoms with Crippen molar-refractivity contribution in [2.75, 3.05) is 6.61 Å². The van der Waals surface area contributed by atoms with Gasteiger partial charge in [-0.05, 0) is 68.3 Å². The van der Waals surface area contributed by atoms with Crippen molar-refractivity contribution in [2.45, 2.75) is 58.8 Å². The van der Waals surface area contributed by atoms with Crippen LogP contribution in [0.25, 0.3) is 0 Å². The summed E-state index contributed by atoms with van der Waals surface area (Å²) in [6.07, 6.45) is 13.1. The predicted octanol–water partition coefficient (Wildman–Crippen LogP) is 4.51. The number of carbonyl (C=O) groups excluding carboxylic acids is 1. The molecule has 0 aromatic rings. The Labute approximate surface area is 145 Å². The van der Waals surface area contributed by atoms with Gasteiger partial charge in [0.1, 0.15) is 11.5 Å². The number of hydrogen-bond acceptors (Lipinski definition) is 2. The third-order valence-electron chi connectivity index (χ3n) is 7.43. The molecule has 3 saturated carbocycles. The summed E-state index contributed by atoms with van der Waals surface area (Å²) >= 11 is 0. The summed E-state index contributed by atoms with van der Waals surface area (Å²) in [7, 11) is 0. The van der Waals surface area contributed by atoms with Gasteiger partial charge >= 0.3 is 0 Å². The van der Waals surface area contributed by atoms with Gasteiger partial charge in [0.15, 0.2) is 0 Å². The smallest absolute Gasteiger partial charge is 0.139 e. The van der Waals surface area contributed by atoms with Gasteiger partial charge in [0.25, 0.3) is 0 Å². The van der Waals surface area contributed by atoms with E-state index in [0.29, 0.717) is 29.5 Å². The summed E-state index contributed by atoms with van der Waals surface area (Å²) < 4.78 is 5.72. The van der Waals surface area contributed by atoms with E-state index in [2.05, 4.69) is 18.6 Å². The van der Waals surface area contributed by atoms with Crippen LogP contribution in [0.4, 0.5) is 0 Å². The lowest BCUT2D eigenvalue weighted by Gasteiger charge is -2.54. The van der Waals surface area contributed by atoms with Crippen LogP contribution in [0.1, 0.15) is 58.8 Å². The van der Waals surface area contributed by atoms with Crippen molar-refractivity contribution in [3.05, 3.63) is 17.1 Å². The minimum absolute atomic E-state index is 0.152. The topological polar surface area (TPSA) is 26.3 Å². The molecule has 128 valence electrons. The van der Waals surface area contributed by atoms with Crippen molar-refractivity contribution in [1.29, 1.82) is 0 Å². The molecule has 24 heavy (non-hydrogen) atoms. The molecule has 4 aliphatic carbocycles. The Bertz CT molecular complexity index is 660. The lowest BCUT2D eigenvalue weighted by Crippen LogP contribution is -2.50. The largest absolute Gasteiger partial charge is 0.490 e. The van der Waals surface area contributed by atoms with Crippen LogP contribution in [-0.2, 0) is 9.53 Å². The molecule has 0 saturated heterocycles. The van der Waals surface area contributed by atoms with E-state index in [-0.39, 0.29) is 11.3 Å². The summed E-state index contributed by atoms with van der Waals surface area (Å²) in [5.74, 6) is 7.15. The van der Waals surface area contributed by atoms with Crippen LogP contribution in [0.5, 0.6) is 0 Å². The Hall–Kier alpha value is -1.45. The number of Topliss-reactive ketones (excluding diaryl/α,β-unsaturated/α-hetero) is 1. The Kier molecular flexibility index (Phi) is 3.89. The van der Waals surface area contributed by atoms with E-state index in [1.165, 1.54) is 12.0 Å². The molecule has 0 aromatic heterocycles. The van der Waals surface area contributed by atoms with Crippen LogP contribution < -0.4 is 0 Å². The summed E-state index contributed by atoms with van der Waals surface area (Å²) in [4.78, 5) is 12.6. The lowest BCUT2D eigenvalue weighted by molar-refractivity contribution is -0.132. The van der Waals surface area contributed by atoms with Gasteiger partial charge in [-0.1, -0.05) is 12.7 Å². The number of terminal acetylenes is 1. The van der Waals surface area contributed by atoms with E-state index in [4.69, 9.17) is 11.2 Å². The molecule has 0 N–H and O–H groups in total. The molecular weight excluding hydrogens is 296 g/mol. The maximum Gasteiger partial charge on any atom is 0.139 e. The van der Waals surface area contributed by atoms with Gasteiger partial charge in [-0.3, -0.25) is 4.79 Å². The minimum Gasteiger partial charge on any atom is -0.490 e. The quantitative estimate of drug-likeness (QED) is 0.552. The maximum atomic E-state index is 12.6. The molecular formula is C22H28O2. The van der Waals surface area contributed by atoms with Crippen molar-refractivity contribution in [3.8, 4) is 12.3 Å². The van der Waals surface area contributed by atoms with E-state index in [9.17, 15) is 4.79 Å². The lowest BCUT2D eigenvalue weighted by atomic mass is 9.49. The molecule has 0 aliphatic heterocycles. The normalized spacial score (nSPS) is 43.7. The standard InChI is InChI=1S/C22H28O2/c1-4-14-13-22(3)19(10-11-20(22)23)18-8-6-15-12-16(24-5-2)7-9-17(15)21(14)18/h1,14,17-19,21H,5-11,13H2,2-3H3/t14-,17-,18-,19-,21+,22-/m0/s1. The highest BCUT2D eigenvalue weighted by molar-refractivity contribution is 5.87. The van der Waals surface area contributed by atoms with E-state index in [1.54, 1.807) is 0 Å². The monoisotopic (exact) mass is 324 g/mol. The number of rotatable bonds is 2. The van der Waals surface area contributed by atoms with Crippen LogP contribution in [0, 0.1) is 47.3 Å². The van der Waals surface area contributed by atoms with Crippen molar-refractivity contribution >= 4 is 5.78 Å². The molecule has 0 radical (unpaired) electrons. The molecule has 0 heterocycles. The summed E-state index contributed by atoms with van der Waals surface area (Å²) in [5, 5.41) is 0. The van der Waals surface area contributed by atoms with Crippen LogP contribution in [0.2, 0.25) is 0 Å². The van der Waals surface area contributed by atoms with Crippen LogP contribution in [0.3, 0.4) is 0 Å². The first kappa shape index (κ1) is 16.0. The first-order valence-corrected chi connectivity index (χ1v) is 9.69. The fourth-order valence-electron chi connectivity index (χ4n) is 6.42. The minimum atomic E-state index is -0.152. The van der Waals surface area contributed by atoms with Gasteiger partial charge in [-0.2, -0.15) is 0 Å². The number of fused-ring (bicyclic) bond motifs is 5. The zero-order valence-corrected chi connectivity index (χ0v) is 14.9. The van der Waals surface area contributed by atoms with Gasteiger partial charge in [0.2, 0.25) is 0 Å². The first-order chi connectivity index (χ1) is 11.6. The molecule has 4 rings (SSSR count). The van der Waals surface area contributed by atoms with Crippen molar-refractivity contribution in [2.24, 2.45) is 35.0 Å². The second kappa shape index (κ2) is 5.82. The molecule has 0 unspecified atom stereocenters. The average Bonchev–Trinajstić information content (AvgIpc) is 2.89. The van der Waals surface area contributed by atoms with E-state index >= 15 is 0 Å². The number of hydrogen-bond donors (Lipinski definition) is 0. The van der Waals surface area contributed by atoms with Gasteiger partial charge in [0, 0.05) is 24.2 Å². The molecule has 0 spiro atoms. The van der Waals surface area contributed by atoms with Crippen molar-refractivity contribution in [3.63, 3.8) is 0 Å². The summed E-state index contributed by atoms with van der Waals surface area (Å²) in [6.45, 7) is 4.96. The first-order valence-electron chi connectivity index (χ1n) is 9.69. The fourth-order valence-corrected chi connectivity index (χ4v) is 6.42. The Balaban J connectivity index is 1.70. The van der Waals surface area contributed by atoms with E-state index in [0.717, 1.165) is 50.9 Å².